The summed E-state index contributed by atoms with van der Waals surface area (Å²) in [7, 11) is -3.94. The lowest BCUT2D eigenvalue weighted by atomic mass is 10.1. The van der Waals surface area contributed by atoms with Crippen LogP contribution in [0.4, 0.5) is 18.9 Å². The molecule has 0 aliphatic carbocycles. The number of nitrogens with zero attached hydrogens (tertiary/aromatic N) is 2. The first kappa shape index (κ1) is 19.3. The van der Waals surface area contributed by atoms with Crippen molar-refractivity contribution in [3.8, 4) is 0 Å². The van der Waals surface area contributed by atoms with Gasteiger partial charge in [-0.1, -0.05) is 29.3 Å². The Kier molecular flexibility index (Phi) is 4.49. The normalized spacial score (nSPS) is 16.8. The number of hydrogen-bond acceptors (Lipinski definition) is 3. The van der Waals surface area contributed by atoms with Gasteiger partial charge in [0.2, 0.25) is 0 Å². The number of H-pyrrole nitrogens is 1. The molecule has 6 nitrogen and oxygen atoms in total. The maximum atomic E-state index is 12.6. The van der Waals surface area contributed by atoms with Crippen molar-refractivity contribution in [3.05, 3.63) is 57.5 Å². The predicted octanol–water partition coefficient (Wildman–Crippen LogP) is 4.56. The van der Waals surface area contributed by atoms with E-state index in [0.717, 1.165) is 16.6 Å². The number of hydrogen-bond donors (Lipinski definition) is 2. The summed E-state index contributed by atoms with van der Waals surface area (Å²) in [6.07, 6.45) is -2.04. The molecule has 3 aromatic rings. The molecule has 148 valence electrons. The summed E-state index contributed by atoms with van der Waals surface area (Å²) < 4.78 is 66.7. The summed E-state index contributed by atoms with van der Waals surface area (Å²) in [6.45, 7) is -0.168. The van der Waals surface area contributed by atoms with Crippen molar-refractivity contribution in [2.24, 2.45) is 0 Å². The topological polar surface area (TPSA) is 78.1 Å². The zero-order valence-corrected chi connectivity index (χ0v) is 16.1. The van der Waals surface area contributed by atoms with E-state index >= 15 is 0 Å². The van der Waals surface area contributed by atoms with E-state index in [4.69, 9.17) is 23.2 Å². The SMILES string of the molecule is O=S1(=O)Nc2c(cc(Cl)c3c(Cl)c[nH]c23)CN1Cc1ccc(C(F)(F)F)nc1. The van der Waals surface area contributed by atoms with Gasteiger partial charge in [0, 0.05) is 30.9 Å². The van der Waals surface area contributed by atoms with Crippen LogP contribution in [0.3, 0.4) is 0 Å². The lowest BCUT2D eigenvalue weighted by Gasteiger charge is -2.29. The van der Waals surface area contributed by atoms with Gasteiger partial charge in [-0.15, -0.1) is 0 Å². The third-order valence-electron chi connectivity index (χ3n) is 4.33. The molecule has 0 unspecified atom stereocenters. The highest BCUT2D eigenvalue weighted by Gasteiger charge is 2.34. The molecule has 28 heavy (non-hydrogen) atoms. The fourth-order valence-corrected chi connectivity index (χ4v) is 4.90. The first-order valence-corrected chi connectivity index (χ1v) is 10.0. The van der Waals surface area contributed by atoms with Crippen molar-refractivity contribution < 1.29 is 21.6 Å². The van der Waals surface area contributed by atoms with E-state index in [1.54, 1.807) is 6.07 Å². The number of benzene rings is 1. The highest BCUT2D eigenvalue weighted by atomic mass is 35.5. The Hall–Kier alpha value is -2.01. The van der Waals surface area contributed by atoms with Gasteiger partial charge in [-0.2, -0.15) is 25.9 Å². The Morgan fingerprint density at radius 2 is 1.96 bits per heavy atom. The van der Waals surface area contributed by atoms with Crippen molar-refractivity contribution in [3.63, 3.8) is 0 Å². The van der Waals surface area contributed by atoms with Gasteiger partial charge >= 0.3 is 16.4 Å². The minimum atomic E-state index is -4.56. The second-order valence-electron chi connectivity index (χ2n) is 6.20. The van der Waals surface area contributed by atoms with Crippen LogP contribution in [0.15, 0.2) is 30.6 Å². The number of aromatic nitrogens is 2. The smallest absolute Gasteiger partial charge is 0.358 e. The molecule has 0 saturated carbocycles. The Balaban J connectivity index is 1.68. The number of fused-ring (bicyclic) bond motifs is 3. The van der Waals surface area contributed by atoms with E-state index in [1.165, 1.54) is 12.3 Å². The molecule has 12 heteroatoms. The number of aromatic amines is 1. The molecule has 0 radical (unpaired) electrons. The first-order valence-electron chi connectivity index (χ1n) is 7.84. The number of nitrogens with one attached hydrogen (secondary N) is 2. The standard InChI is InChI=1S/C16H11Cl2F3N4O2S/c17-10-3-9-7-25(6-8-1-2-12(22-4-8)16(19,20)21)28(26,27)24-14(9)15-13(10)11(18)5-23-15/h1-5,23-24H,6-7H2. The van der Waals surface area contributed by atoms with Crippen molar-refractivity contribution in [1.29, 1.82) is 0 Å². The number of alkyl halides is 3. The van der Waals surface area contributed by atoms with Gasteiger partial charge in [-0.05, 0) is 23.3 Å². The summed E-state index contributed by atoms with van der Waals surface area (Å²) >= 11 is 12.3. The van der Waals surface area contributed by atoms with E-state index in [-0.39, 0.29) is 13.1 Å². The second-order valence-corrected chi connectivity index (χ2v) is 8.69. The highest BCUT2D eigenvalue weighted by Crippen LogP contribution is 2.40. The van der Waals surface area contributed by atoms with Gasteiger partial charge in [-0.3, -0.25) is 9.71 Å². The Labute approximate surface area is 167 Å². The fraction of sp³-hybridized carbons (Fsp3) is 0.188. The third kappa shape index (κ3) is 3.30. The summed E-state index contributed by atoms with van der Waals surface area (Å²) in [5.74, 6) is 0. The molecule has 0 amide bonds. The number of anilines is 1. The maximum Gasteiger partial charge on any atom is 0.433 e. The molecule has 1 aliphatic rings. The van der Waals surface area contributed by atoms with Crippen LogP contribution in [-0.4, -0.2) is 22.7 Å². The van der Waals surface area contributed by atoms with Gasteiger partial charge in [-0.25, -0.2) is 0 Å². The monoisotopic (exact) mass is 450 g/mol. The molecular formula is C16H11Cl2F3N4O2S. The highest BCUT2D eigenvalue weighted by molar-refractivity contribution is 7.90. The average Bonchev–Trinajstić information content (AvgIpc) is 2.99. The minimum Gasteiger partial charge on any atom is -0.358 e. The van der Waals surface area contributed by atoms with Gasteiger partial charge in [0.05, 0.1) is 21.2 Å². The summed E-state index contributed by atoms with van der Waals surface area (Å²) in [4.78, 5) is 6.26. The molecule has 1 aromatic carbocycles. The largest absolute Gasteiger partial charge is 0.433 e. The van der Waals surface area contributed by atoms with Crippen LogP contribution < -0.4 is 4.72 Å². The molecule has 2 N–H and O–H groups in total. The molecule has 0 atom stereocenters. The molecule has 2 aromatic heterocycles. The average molecular weight is 451 g/mol. The van der Waals surface area contributed by atoms with Crippen LogP contribution in [0.5, 0.6) is 0 Å². The molecule has 0 bridgehead atoms. The summed E-state index contributed by atoms with van der Waals surface area (Å²) in [5, 5.41) is 1.22. The van der Waals surface area contributed by atoms with Gasteiger partial charge in [0.15, 0.2) is 0 Å². The molecule has 0 fully saturated rings. The zero-order chi connectivity index (χ0) is 20.3. The lowest BCUT2D eigenvalue weighted by molar-refractivity contribution is -0.141. The number of pyridine rings is 1. The lowest BCUT2D eigenvalue weighted by Crippen LogP contribution is -2.39. The van der Waals surface area contributed by atoms with Crippen LogP contribution in [0.1, 0.15) is 16.8 Å². The van der Waals surface area contributed by atoms with Crippen LogP contribution in [-0.2, 0) is 29.5 Å². The van der Waals surface area contributed by atoms with Crippen LogP contribution in [0.2, 0.25) is 10.0 Å². The molecule has 0 spiro atoms. The van der Waals surface area contributed by atoms with Crippen molar-refractivity contribution in [2.45, 2.75) is 19.3 Å². The van der Waals surface area contributed by atoms with E-state index in [0.29, 0.717) is 37.8 Å². The van der Waals surface area contributed by atoms with E-state index in [1.807, 2.05) is 0 Å². The summed E-state index contributed by atoms with van der Waals surface area (Å²) in [5.41, 5.74) is 0.682. The van der Waals surface area contributed by atoms with E-state index in [2.05, 4.69) is 14.7 Å². The first-order chi connectivity index (χ1) is 13.1. The predicted molar refractivity (Wildman–Crippen MR) is 99.3 cm³/mol. The van der Waals surface area contributed by atoms with Crippen LogP contribution >= 0.6 is 23.2 Å². The molecular weight excluding hydrogens is 440 g/mol. The zero-order valence-electron chi connectivity index (χ0n) is 13.8. The quantitative estimate of drug-likeness (QED) is 0.600. The minimum absolute atomic E-state index is 0.0159. The molecule has 0 saturated heterocycles. The van der Waals surface area contributed by atoms with Crippen molar-refractivity contribution in [2.75, 3.05) is 4.72 Å². The Morgan fingerprint density at radius 1 is 1.21 bits per heavy atom. The van der Waals surface area contributed by atoms with Crippen LogP contribution in [0.25, 0.3) is 10.9 Å². The summed E-state index contributed by atoms with van der Waals surface area (Å²) in [6, 6.07) is 3.62. The maximum absolute atomic E-state index is 12.6. The van der Waals surface area contributed by atoms with E-state index < -0.39 is 22.1 Å². The Bertz CT molecular complexity index is 1180. The molecule has 1 aliphatic heterocycles. The van der Waals surface area contributed by atoms with Crippen LogP contribution in [0, 0.1) is 0 Å². The molecule has 4 rings (SSSR count). The van der Waals surface area contributed by atoms with Crippen molar-refractivity contribution in [1.82, 2.24) is 14.3 Å². The third-order valence-corrected chi connectivity index (χ3v) is 6.33. The Morgan fingerprint density at radius 3 is 2.61 bits per heavy atom. The fourth-order valence-electron chi connectivity index (χ4n) is 3.03. The van der Waals surface area contributed by atoms with Gasteiger partial charge in [0.25, 0.3) is 0 Å². The van der Waals surface area contributed by atoms with Crippen molar-refractivity contribution >= 4 is 50.0 Å². The second kappa shape index (κ2) is 6.51. The molecule has 3 heterocycles. The number of halogens is 5. The number of rotatable bonds is 2. The van der Waals surface area contributed by atoms with E-state index in [9.17, 15) is 21.6 Å². The van der Waals surface area contributed by atoms with Gasteiger partial charge in [0.1, 0.15) is 5.69 Å². The van der Waals surface area contributed by atoms with Gasteiger partial charge < -0.3 is 4.98 Å².